The molecular weight excluding hydrogens is 224 g/mol. The fourth-order valence-corrected chi connectivity index (χ4v) is 3.69. The largest absolute Gasteiger partial charge is 0.380 e. The van der Waals surface area contributed by atoms with Gasteiger partial charge in [-0.1, -0.05) is 12.8 Å². The topological polar surface area (TPSA) is 24.5 Å². The second-order valence-corrected chi connectivity index (χ2v) is 6.79. The van der Waals surface area contributed by atoms with Crippen molar-refractivity contribution in [1.29, 1.82) is 0 Å². The van der Waals surface area contributed by atoms with Crippen molar-refractivity contribution in [1.82, 2.24) is 10.2 Å². The first-order valence-corrected chi connectivity index (χ1v) is 7.79. The molecule has 1 N–H and O–H groups in total. The number of ether oxygens (including phenoxy) is 1. The number of nitrogens with one attached hydrogen (secondary N) is 1. The zero-order valence-corrected chi connectivity index (χ0v) is 11.8. The first kappa shape index (κ1) is 12.9. The lowest BCUT2D eigenvalue weighted by atomic mass is 9.85. The van der Waals surface area contributed by atoms with Crippen molar-refractivity contribution in [2.45, 2.75) is 57.0 Å². The van der Waals surface area contributed by atoms with E-state index < -0.39 is 0 Å². The van der Waals surface area contributed by atoms with E-state index in [1.54, 1.807) is 0 Å². The summed E-state index contributed by atoms with van der Waals surface area (Å²) < 4.78 is 5.53. The Morgan fingerprint density at radius 3 is 2.61 bits per heavy atom. The van der Waals surface area contributed by atoms with E-state index in [1.807, 2.05) is 0 Å². The highest BCUT2D eigenvalue weighted by Crippen LogP contribution is 2.39. The van der Waals surface area contributed by atoms with Gasteiger partial charge in [-0.3, -0.25) is 0 Å². The molecule has 0 radical (unpaired) electrons. The number of likely N-dealkylation sites (N-methyl/N-ethyl adjacent to an activating group) is 1. The van der Waals surface area contributed by atoms with Crippen LogP contribution in [0.5, 0.6) is 0 Å². The van der Waals surface area contributed by atoms with Crippen LogP contribution in [0.4, 0.5) is 0 Å². The summed E-state index contributed by atoms with van der Waals surface area (Å²) in [6.45, 7) is 4.42. The van der Waals surface area contributed by atoms with Crippen molar-refractivity contribution in [2.75, 3.05) is 33.4 Å². The van der Waals surface area contributed by atoms with Gasteiger partial charge in [0, 0.05) is 31.8 Å². The lowest BCUT2D eigenvalue weighted by molar-refractivity contribution is 0.115. The maximum atomic E-state index is 5.53. The van der Waals surface area contributed by atoms with Gasteiger partial charge in [0.25, 0.3) is 0 Å². The Hall–Kier alpha value is -0.120. The van der Waals surface area contributed by atoms with Crippen LogP contribution in [0, 0.1) is 5.41 Å². The first-order valence-electron chi connectivity index (χ1n) is 7.79. The van der Waals surface area contributed by atoms with Crippen LogP contribution in [-0.4, -0.2) is 50.3 Å². The quantitative estimate of drug-likeness (QED) is 0.783. The highest BCUT2D eigenvalue weighted by atomic mass is 16.5. The van der Waals surface area contributed by atoms with E-state index in [4.69, 9.17) is 4.74 Å². The van der Waals surface area contributed by atoms with E-state index >= 15 is 0 Å². The van der Waals surface area contributed by atoms with E-state index in [0.29, 0.717) is 11.5 Å². The van der Waals surface area contributed by atoms with Gasteiger partial charge in [0.1, 0.15) is 0 Å². The minimum absolute atomic E-state index is 0.555. The maximum Gasteiger partial charge on any atom is 0.0622 e. The van der Waals surface area contributed by atoms with Crippen molar-refractivity contribution in [3.63, 3.8) is 0 Å². The van der Waals surface area contributed by atoms with E-state index in [0.717, 1.165) is 19.3 Å². The van der Waals surface area contributed by atoms with E-state index in [1.165, 1.54) is 58.0 Å². The molecule has 1 atom stereocenters. The zero-order valence-electron chi connectivity index (χ0n) is 11.8. The molecule has 3 heteroatoms. The standard InChI is InChI=1S/C15H28N2O/c1-17(14-6-9-18-10-14)12-15(7-2-3-8-15)11-16-13-4-5-13/h13-14,16H,2-12H2,1H3. The van der Waals surface area contributed by atoms with E-state index in [9.17, 15) is 0 Å². The van der Waals surface area contributed by atoms with Crippen molar-refractivity contribution >= 4 is 0 Å². The molecule has 18 heavy (non-hydrogen) atoms. The molecule has 0 aromatic heterocycles. The molecule has 3 aliphatic rings. The number of rotatable bonds is 6. The number of nitrogens with zero attached hydrogens (tertiary/aromatic N) is 1. The summed E-state index contributed by atoms with van der Waals surface area (Å²) >= 11 is 0. The molecule has 0 aromatic rings. The second-order valence-electron chi connectivity index (χ2n) is 6.79. The average Bonchev–Trinajstić information content (AvgIpc) is 2.87. The van der Waals surface area contributed by atoms with E-state index in [2.05, 4.69) is 17.3 Å². The van der Waals surface area contributed by atoms with Crippen LogP contribution in [0.1, 0.15) is 44.9 Å². The molecule has 2 aliphatic carbocycles. The molecule has 1 unspecified atom stereocenters. The summed E-state index contributed by atoms with van der Waals surface area (Å²) in [5.74, 6) is 0. The molecule has 2 saturated carbocycles. The summed E-state index contributed by atoms with van der Waals surface area (Å²) in [6.07, 6.45) is 9.74. The third-order valence-electron chi connectivity index (χ3n) is 5.12. The summed E-state index contributed by atoms with van der Waals surface area (Å²) in [6, 6.07) is 1.52. The highest BCUT2D eigenvalue weighted by molar-refractivity contribution is 4.93. The minimum Gasteiger partial charge on any atom is -0.380 e. The molecule has 0 bridgehead atoms. The minimum atomic E-state index is 0.555. The van der Waals surface area contributed by atoms with Crippen LogP contribution in [0.15, 0.2) is 0 Å². The zero-order chi connectivity index (χ0) is 12.4. The van der Waals surface area contributed by atoms with Gasteiger partial charge in [0.15, 0.2) is 0 Å². The molecule has 0 spiro atoms. The van der Waals surface area contributed by atoms with Crippen LogP contribution in [0.25, 0.3) is 0 Å². The van der Waals surface area contributed by atoms with Crippen LogP contribution in [0.3, 0.4) is 0 Å². The van der Waals surface area contributed by atoms with Crippen LogP contribution < -0.4 is 5.32 Å². The molecule has 0 amide bonds. The second kappa shape index (κ2) is 5.48. The Labute approximate surface area is 111 Å². The van der Waals surface area contributed by atoms with Gasteiger partial charge in [-0.25, -0.2) is 0 Å². The third kappa shape index (κ3) is 3.06. The fraction of sp³-hybridized carbons (Fsp3) is 1.00. The first-order chi connectivity index (χ1) is 8.77. The number of hydrogen-bond acceptors (Lipinski definition) is 3. The Morgan fingerprint density at radius 2 is 2.00 bits per heavy atom. The van der Waals surface area contributed by atoms with Gasteiger partial charge >= 0.3 is 0 Å². The molecule has 3 fully saturated rings. The predicted molar refractivity (Wildman–Crippen MR) is 73.8 cm³/mol. The van der Waals surface area contributed by atoms with Gasteiger partial charge < -0.3 is 15.0 Å². The predicted octanol–water partition coefficient (Wildman–Crippen LogP) is 2.02. The Morgan fingerprint density at radius 1 is 1.22 bits per heavy atom. The smallest absolute Gasteiger partial charge is 0.0622 e. The SMILES string of the molecule is CN(CC1(CNC2CC2)CCCC1)C1CCOC1. The summed E-state index contributed by atoms with van der Waals surface area (Å²) in [7, 11) is 2.30. The van der Waals surface area contributed by atoms with Crippen LogP contribution >= 0.6 is 0 Å². The van der Waals surface area contributed by atoms with Gasteiger partial charge in [0.05, 0.1) is 6.61 Å². The summed E-state index contributed by atoms with van der Waals surface area (Å²) in [4.78, 5) is 2.58. The lowest BCUT2D eigenvalue weighted by Gasteiger charge is -2.36. The van der Waals surface area contributed by atoms with Gasteiger partial charge in [-0.15, -0.1) is 0 Å². The Kier molecular flexibility index (Phi) is 3.92. The van der Waals surface area contributed by atoms with Crippen molar-refractivity contribution in [3.05, 3.63) is 0 Å². The summed E-state index contributed by atoms with van der Waals surface area (Å²) in [5.41, 5.74) is 0.555. The van der Waals surface area contributed by atoms with Crippen molar-refractivity contribution < 1.29 is 4.74 Å². The van der Waals surface area contributed by atoms with Gasteiger partial charge in [0.2, 0.25) is 0 Å². The average molecular weight is 252 g/mol. The molecule has 0 aromatic carbocycles. The fourth-order valence-electron chi connectivity index (χ4n) is 3.69. The third-order valence-corrected chi connectivity index (χ3v) is 5.12. The normalized spacial score (nSPS) is 31.3. The van der Waals surface area contributed by atoms with Crippen molar-refractivity contribution in [3.8, 4) is 0 Å². The lowest BCUT2D eigenvalue weighted by Crippen LogP contribution is -2.45. The molecule has 1 saturated heterocycles. The summed E-state index contributed by atoms with van der Waals surface area (Å²) in [5, 5.41) is 3.78. The molecule has 104 valence electrons. The highest BCUT2D eigenvalue weighted by Gasteiger charge is 2.37. The molecular formula is C15H28N2O. The van der Waals surface area contributed by atoms with Crippen molar-refractivity contribution in [2.24, 2.45) is 5.41 Å². The maximum absolute atomic E-state index is 5.53. The molecule has 3 rings (SSSR count). The molecule has 1 aliphatic heterocycles. The molecule has 1 heterocycles. The molecule has 3 nitrogen and oxygen atoms in total. The van der Waals surface area contributed by atoms with Gasteiger partial charge in [-0.2, -0.15) is 0 Å². The Bertz CT molecular complexity index is 266. The van der Waals surface area contributed by atoms with Gasteiger partial charge in [-0.05, 0) is 44.6 Å². The monoisotopic (exact) mass is 252 g/mol. The van der Waals surface area contributed by atoms with E-state index in [-0.39, 0.29) is 0 Å². The number of hydrogen-bond donors (Lipinski definition) is 1. The van der Waals surface area contributed by atoms with Crippen LogP contribution in [-0.2, 0) is 4.74 Å². The Balaban J connectivity index is 1.54. The van der Waals surface area contributed by atoms with Crippen LogP contribution in [0.2, 0.25) is 0 Å².